The molecule has 0 aliphatic heterocycles. The molecule has 0 aromatic carbocycles. The van der Waals surface area contributed by atoms with Crippen LogP contribution >= 0.6 is 15.9 Å². The highest BCUT2D eigenvalue weighted by Gasteiger charge is 2.54. The van der Waals surface area contributed by atoms with Crippen molar-refractivity contribution in [2.24, 2.45) is 40.4 Å². The second kappa shape index (κ2) is 16.7. The van der Waals surface area contributed by atoms with Gasteiger partial charge in [-0.2, -0.15) is 0 Å². The van der Waals surface area contributed by atoms with Gasteiger partial charge in [-0.1, -0.05) is 110 Å². The Balaban J connectivity index is 0.00000235. The summed E-state index contributed by atoms with van der Waals surface area (Å²) in [5, 5.41) is 0.921. The molecule has 1 rings (SSSR count). The van der Waals surface area contributed by atoms with Gasteiger partial charge in [0.05, 0.1) is 6.61 Å². The van der Waals surface area contributed by atoms with E-state index < -0.39 is 0 Å². The predicted octanol–water partition coefficient (Wildman–Crippen LogP) is 9.73. The summed E-state index contributed by atoms with van der Waals surface area (Å²) in [6.07, 6.45) is 11.5. The van der Waals surface area contributed by atoms with Crippen LogP contribution in [0.4, 0.5) is 0 Å². The van der Waals surface area contributed by atoms with Crippen LogP contribution < -0.4 is 0 Å². The summed E-state index contributed by atoms with van der Waals surface area (Å²) >= 11 is 3.49. The molecule has 1 fully saturated rings. The fraction of sp³-hybridized carbons (Fsp3) is 0.967. The van der Waals surface area contributed by atoms with Gasteiger partial charge in [-0.25, -0.2) is 0 Å². The first kappa shape index (κ1) is 33.1. The predicted molar refractivity (Wildman–Crippen MR) is 150 cm³/mol. The average Bonchev–Trinajstić information content (AvgIpc) is 2.84. The van der Waals surface area contributed by atoms with E-state index in [4.69, 9.17) is 4.74 Å². The van der Waals surface area contributed by atoms with Crippen LogP contribution in [0.2, 0.25) is 0 Å². The van der Waals surface area contributed by atoms with Gasteiger partial charge in [-0.3, -0.25) is 4.79 Å². The van der Waals surface area contributed by atoms with Crippen LogP contribution in [0.25, 0.3) is 0 Å². The summed E-state index contributed by atoms with van der Waals surface area (Å²) in [6, 6.07) is 0. The van der Waals surface area contributed by atoms with Crippen molar-refractivity contribution in [2.45, 2.75) is 127 Å². The van der Waals surface area contributed by atoms with Gasteiger partial charge in [0.1, 0.15) is 5.78 Å². The normalized spacial score (nSPS) is 28.9. The molecule has 7 unspecified atom stereocenters. The van der Waals surface area contributed by atoms with E-state index in [0.29, 0.717) is 35.9 Å². The van der Waals surface area contributed by atoms with E-state index in [1.54, 1.807) is 0 Å². The molecule has 0 N–H and O–H groups in total. The minimum atomic E-state index is 0.122. The molecular weight excluding hydrogens is 472 g/mol. The molecule has 33 heavy (non-hydrogen) atoms. The van der Waals surface area contributed by atoms with E-state index in [2.05, 4.69) is 78.2 Å². The third-order valence-electron chi connectivity index (χ3n) is 9.72. The van der Waals surface area contributed by atoms with Crippen molar-refractivity contribution in [1.29, 1.82) is 0 Å². The molecule has 7 atom stereocenters. The number of Topliss-reactive ketones (excluding diaryl/α,β-unsaturated/α-hetero) is 1. The van der Waals surface area contributed by atoms with Crippen LogP contribution in [0.1, 0.15) is 127 Å². The van der Waals surface area contributed by atoms with Crippen LogP contribution in [0.3, 0.4) is 0 Å². The van der Waals surface area contributed by atoms with E-state index in [1.165, 1.54) is 51.4 Å². The average molecular weight is 532 g/mol. The van der Waals surface area contributed by atoms with Crippen molar-refractivity contribution in [3.63, 3.8) is 0 Å². The summed E-state index contributed by atoms with van der Waals surface area (Å²) in [7, 11) is 1.88. The molecule has 0 spiro atoms. The zero-order chi connectivity index (χ0) is 25.7. The molecular formula is C30H59BrO2. The number of hydrogen-bond donors (Lipinski definition) is 0. The van der Waals surface area contributed by atoms with Crippen molar-refractivity contribution >= 4 is 21.7 Å². The first-order valence-electron chi connectivity index (χ1n) is 14.2. The molecule has 0 saturated heterocycles. The van der Waals surface area contributed by atoms with Crippen molar-refractivity contribution in [2.75, 3.05) is 19.0 Å². The van der Waals surface area contributed by atoms with Gasteiger partial charge in [0.2, 0.25) is 0 Å². The summed E-state index contributed by atoms with van der Waals surface area (Å²) < 4.78 is 5.86. The Morgan fingerprint density at radius 3 is 2.09 bits per heavy atom. The Morgan fingerprint density at radius 1 is 1.09 bits per heavy atom. The molecule has 2 nitrogen and oxygen atoms in total. The van der Waals surface area contributed by atoms with Gasteiger partial charge >= 0.3 is 0 Å². The second-order valence-electron chi connectivity index (χ2n) is 11.0. The number of carbonyl (C=O) groups is 1. The Hall–Kier alpha value is 0.110. The van der Waals surface area contributed by atoms with Crippen LogP contribution in [-0.4, -0.2) is 24.8 Å². The van der Waals surface area contributed by atoms with E-state index in [-0.39, 0.29) is 16.7 Å². The maximum Gasteiger partial charge on any atom is 0.136 e. The van der Waals surface area contributed by atoms with Gasteiger partial charge in [0.25, 0.3) is 0 Å². The van der Waals surface area contributed by atoms with Gasteiger partial charge in [0, 0.05) is 24.8 Å². The number of halogens is 1. The molecule has 0 bridgehead atoms. The Morgan fingerprint density at radius 2 is 1.70 bits per heavy atom. The maximum atomic E-state index is 13.0. The fourth-order valence-corrected chi connectivity index (χ4v) is 7.33. The number of ether oxygens (including phenoxy) is 1. The molecule has 198 valence electrons. The van der Waals surface area contributed by atoms with Gasteiger partial charge in [0.15, 0.2) is 0 Å². The largest absolute Gasteiger partial charge is 0.384 e. The highest BCUT2D eigenvalue weighted by molar-refractivity contribution is 9.09. The third-order valence-corrected chi connectivity index (χ3v) is 10.3. The van der Waals surface area contributed by atoms with Gasteiger partial charge < -0.3 is 4.74 Å². The zero-order valence-corrected chi connectivity index (χ0v) is 25.7. The maximum absolute atomic E-state index is 13.0. The Kier molecular flexibility index (Phi) is 16.8. The zero-order valence-electron chi connectivity index (χ0n) is 24.1. The lowest BCUT2D eigenvalue weighted by atomic mass is 9.47. The fourth-order valence-electron chi connectivity index (χ4n) is 7.05. The Labute approximate surface area is 216 Å². The van der Waals surface area contributed by atoms with E-state index >= 15 is 0 Å². The number of carbonyl (C=O) groups excluding carboxylic acids is 1. The van der Waals surface area contributed by atoms with Gasteiger partial charge in [-0.05, 0) is 60.2 Å². The van der Waals surface area contributed by atoms with Crippen molar-refractivity contribution in [3.8, 4) is 0 Å². The SMILES string of the molecule is CCC1C(CC)C(C)(C(C)C(=O)CCCBr)CCC1C(CC)(COC)C(C)CC.CCCC. The summed E-state index contributed by atoms with van der Waals surface area (Å²) in [5.74, 6) is 3.26. The first-order valence-corrected chi connectivity index (χ1v) is 15.3. The number of alkyl halides is 1. The van der Waals surface area contributed by atoms with Crippen LogP contribution in [0, 0.1) is 40.4 Å². The van der Waals surface area contributed by atoms with Gasteiger partial charge in [-0.15, -0.1) is 0 Å². The number of unbranched alkanes of at least 4 members (excludes halogenated alkanes) is 1. The minimum absolute atomic E-state index is 0.122. The first-order chi connectivity index (χ1) is 15.6. The topological polar surface area (TPSA) is 26.3 Å². The smallest absolute Gasteiger partial charge is 0.136 e. The number of hydrogen-bond acceptors (Lipinski definition) is 2. The highest BCUT2D eigenvalue weighted by atomic mass is 79.9. The quantitative estimate of drug-likeness (QED) is 0.209. The Bertz CT molecular complexity index is 519. The van der Waals surface area contributed by atoms with E-state index in [1.807, 2.05) is 7.11 Å². The molecule has 0 aromatic rings. The van der Waals surface area contributed by atoms with Crippen molar-refractivity contribution in [3.05, 3.63) is 0 Å². The standard InChI is InChI=1S/C26H49BrO2.C4H10/c1-9-19(5)26(12-4,18-29-8)23-15-16-25(7,22(11-3)21(23)10-2)20(6)24(28)14-13-17-27;1-3-4-2/h19-23H,9-18H2,1-8H3;3-4H2,1-2H3. The number of rotatable bonds is 14. The molecule has 0 heterocycles. The molecule has 1 aliphatic carbocycles. The highest BCUT2D eigenvalue weighted by Crippen LogP contribution is 2.60. The molecule has 1 saturated carbocycles. The molecule has 0 amide bonds. The molecule has 1 aliphatic rings. The lowest BCUT2D eigenvalue weighted by Gasteiger charge is -2.58. The number of ketones is 1. The monoisotopic (exact) mass is 530 g/mol. The van der Waals surface area contributed by atoms with Crippen LogP contribution in [0.5, 0.6) is 0 Å². The molecule has 0 radical (unpaired) electrons. The van der Waals surface area contributed by atoms with Crippen molar-refractivity contribution in [1.82, 2.24) is 0 Å². The molecule has 3 heteroatoms. The summed E-state index contributed by atoms with van der Waals surface area (Å²) in [6.45, 7) is 21.8. The van der Waals surface area contributed by atoms with Crippen molar-refractivity contribution < 1.29 is 9.53 Å². The second-order valence-corrected chi connectivity index (χ2v) is 11.8. The minimum Gasteiger partial charge on any atom is -0.384 e. The third kappa shape index (κ3) is 8.06. The van der Waals surface area contributed by atoms with E-state index in [9.17, 15) is 4.79 Å². The summed E-state index contributed by atoms with van der Waals surface area (Å²) in [5.41, 5.74) is 0.374. The number of methoxy groups -OCH3 is 1. The lowest BCUT2D eigenvalue weighted by molar-refractivity contribution is -0.139. The van der Waals surface area contributed by atoms with E-state index in [0.717, 1.165) is 18.4 Å². The van der Waals surface area contributed by atoms with Crippen LogP contribution in [-0.2, 0) is 9.53 Å². The summed E-state index contributed by atoms with van der Waals surface area (Å²) in [4.78, 5) is 13.0. The molecule has 0 aromatic heterocycles. The van der Waals surface area contributed by atoms with Crippen LogP contribution in [0.15, 0.2) is 0 Å². The lowest BCUT2D eigenvalue weighted by Crippen LogP contribution is -2.53.